The van der Waals surface area contributed by atoms with Crippen LogP contribution in [0.3, 0.4) is 0 Å². The number of ketones is 1. The molecular weight excluding hydrogens is 318 g/mol. The number of carbonyl (C=O) groups is 2. The molecule has 6 heteroatoms. The van der Waals surface area contributed by atoms with Gasteiger partial charge < -0.3 is 20.7 Å². The molecule has 128 valence electrons. The number of methoxy groups -OCH3 is 1. The Labute approximate surface area is 145 Å². The minimum atomic E-state index is -1.13. The molecule has 6 nitrogen and oxygen atoms in total. The molecule has 2 atom stereocenters. The monoisotopic (exact) mass is 337 g/mol. The zero-order chi connectivity index (χ0) is 17.8. The third kappa shape index (κ3) is 2.17. The minimum Gasteiger partial charge on any atom is -0.497 e. The van der Waals surface area contributed by atoms with Crippen LogP contribution in [-0.4, -0.2) is 18.8 Å². The molecule has 0 radical (unpaired) electrons. The zero-order valence-corrected chi connectivity index (χ0v) is 14.3. The Kier molecular flexibility index (Phi) is 3.25. The highest BCUT2D eigenvalue weighted by Gasteiger charge is 2.47. The normalized spacial score (nSPS) is 23.2. The number of Topliss-reactive ketones (excluding diaryl/α,β-unsaturated/α-hetero) is 1. The molecule has 0 aromatic heterocycles. The largest absolute Gasteiger partial charge is 0.497 e. The van der Waals surface area contributed by atoms with Gasteiger partial charge in [-0.15, -0.1) is 0 Å². The number of benzene rings is 2. The first-order valence-corrected chi connectivity index (χ1v) is 8.11. The topological polar surface area (TPSA) is 79.5 Å². The van der Waals surface area contributed by atoms with E-state index in [1.165, 1.54) is 6.92 Å². The van der Waals surface area contributed by atoms with Crippen LogP contribution in [0.4, 0.5) is 17.1 Å². The summed E-state index contributed by atoms with van der Waals surface area (Å²) in [6, 6.07) is 11.6. The van der Waals surface area contributed by atoms with Gasteiger partial charge in [-0.3, -0.25) is 9.59 Å². The molecule has 2 aromatic rings. The Morgan fingerprint density at radius 3 is 2.32 bits per heavy atom. The van der Waals surface area contributed by atoms with Crippen LogP contribution in [0.2, 0.25) is 0 Å². The van der Waals surface area contributed by atoms with E-state index in [0.29, 0.717) is 11.3 Å². The standard InChI is InChI=1S/C19H19N3O3/c1-10(23)19(2)13-8-15-16(9-14(13)22-18(19)24)21-17(20-15)11-4-6-12(25-3)7-5-11/h4-9,17,20-21H,1-3H3,(H,22,24). The number of hydrogen-bond acceptors (Lipinski definition) is 5. The predicted octanol–water partition coefficient (Wildman–Crippen LogP) is 3.03. The van der Waals surface area contributed by atoms with E-state index in [1.807, 2.05) is 36.4 Å². The molecule has 1 amide bonds. The van der Waals surface area contributed by atoms with Crippen molar-refractivity contribution >= 4 is 28.8 Å². The molecule has 2 aromatic carbocycles. The first kappa shape index (κ1) is 15.5. The van der Waals surface area contributed by atoms with Gasteiger partial charge in [-0.25, -0.2) is 0 Å². The third-order valence-electron chi connectivity index (χ3n) is 5.15. The molecule has 4 rings (SSSR count). The molecule has 3 N–H and O–H groups in total. The quantitative estimate of drug-likeness (QED) is 0.750. The van der Waals surface area contributed by atoms with Gasteiger partial charge in [-0.05, 0) is 43.7 Å². The number of hydrogen-bond donors (Lipinski definition) is 3. The molecule has 0 fully saturated rings. The number of fused-ring (bicyclic) bond motifs is 2. The Hall–Kier alpha value is -3.02. The van der Waals surface area contributed by atoms with Crippen LogP contribution >= 0.6 is 0 Å². The lowest BCUT2D eigenvalue weighted by Gasteiger charge is -2.18. The summed E-state index contributed by atoms with van der Waals surface area (Å²) in [4.78, 5) is 24.4. The SMILES string of the molecule is COc1ccc(C2Nc3cc4c(cc3N2)C(C)(C(C)=O)C(=O)N4)cc1. The molecule has 0 spiro atoms. The first-order chi connectivity index (χ1) is 11.9. The summed E-state index contributed by atoms with van der Waals surface area (Å²) < 4.78 is 5.19. The van der Waals surface area contributed by atoms with Crippen molar-refractivity contribution in [2.75, 3.05) is 23.1 Å². The van der Waals surface area contributed by atoms with E-state index in [4.69, 9.17) is 4.74 Å². The average molecular weight is 337 g/mol. The number of amides is 1. The number of anilines is 3. The molecular formula is C19H19N3O3. The summed E-state index contributed by atoms with van der Waals surface area (Å²) >= 11 is 0. The lowest BCUT2D eigenvalue weighted by atomic mass is 9.80. The van der Waals surface area contributed by atoms with Crippen molar-refractivity contribution in [3.63, 3.8) is 0 Å². The fraction of sp³-hybridized carbons (Fsp3) is 0.263. The summed E-state index contributed by atoms with van der Waals surface area (Å²) in [5, 5.41) is 9.63. The van der Waals surface area contributed by atoms with Crippen LogP contribution in [0.5, 0.6) is 5.75 Å². The molecule has 2 aliphatic heterocycles. The molecule has 2 aliphatic rings. The number of ether oxygens (including phenoxy) is 1. The Morgan fingerprint density at radius 2 is 1.72 bits per heavy atom. The van der Waals surface area contributed by atoms with Gasteiger partial charge in [-0.1, -0.05) is 12.1 Å². The van der Waals surface area contributed by atoms with Crippen LogP contribution in [0.15, 0.2) is 36.4 Å². The zero-order valence-electron chi connectivity index (χ0n) is 14.3. The molecule has 0 bridgehead atoms. The van der Waals surface area contributed by atoms with Crippen molar-refractivity contribution in [3.8, 4) is 5.75 Å². The highest BCUT2D eigenvalue weighted by molar-refractivity contribution is 6.21. The van der Waals surface area contributed by atoms with Crippen molar-refractivity contribution in [2.24, 2.45) is 0 Å². The van der Waals surface area contributed by atoms with E-state index >= 15 is 0 Å². The Balaban J connectivity index is 1.68. The van der Waals surface area contributed by atoms with Crippen LogP contribution in [-0.2, 0) is 15.0 Å². The predicted molar refractivity (Wildman–Crippen MR) is 96.1 cm³/mol. The van der Waals surface area contributed by atoms with Crippen LogP contribution in [0.1, 0.15) is 31.1 Å². The summed E-state index contributed by atoms with van der Waals surface area (Å²) in [5.74, 6) is 0.366. The first-order valence-electron chi connectivity index (χ1n) is 8.11. The Morgan fingerprint density at radius 1 is 1.08 bits per heavy atom. The highest BCUT2D eigenvalue weighted by atomic mass is 16.5. The van der Waals surface area contributed by atoms with Gasteiger partial charge in [-0.2, -0.15) is 0 Å². The second-order valence-corrected chi connectivity index (χ2v) is 6.57. The van der Waals surface area contributed by atoms with Crippen molar-refractivity contribution in [2.45, 2.75) is 25.4 Å². The van der Waals surface area contributed by atoms with Crippen LogP contribution in [0.25, 0.3) is 0 Å². The van der Waals surface area contributed by atoms with Gasteiger partial charge in [0.15, 0.2) is 0 Å². The lowest BCUT2D eigenvalue weighted by Crippen LogP contribution is -2.37. The van der Waals surface area contributed by atoms with E-state index in [1.54, 1.807) is 14.0 Å². The third-order valence-corrected chi connectivity index (χ3v) is 5.15. The molecule has 25 heavy (non-hydrogen) atoms. The fourth-order valence-corrected chi connectivity index (χ4v) is 3.38. The number of carbonyl (C=O) groups excluding carboxylic acids is 2. The number of rotatable bonds is 3. The summed E-state index contributed by atoms with van der Waals surface area (Å²) in [5.41, 5.74) is 3.11. The van der Waals surface area contributed by atoms with Crippen LogP contribution < -0.4 is 20.7 Å². The molecule has 2 heterocycles. The van der Waals surface area contributed by atoms with Crippen molar-refractivity contribution in [3.05, 3.63) is 47.5 Å². The second-order valence-electron chi connectivity index (χ2n) is 6.57. The van der Waals surface area contributed by atoms with Crippen molar-refractivity contribution < 1.29 is 14.3 Å². The van der Waals surface area contributed by atoms with Gasteiger partial charge in [0.05, 0.1) is 18.5 Å². The van der Waals surface area contributed by atoms with E-state index < -0.39 is 5.41 Å². The molecule has 0 saturated carbocycles. The summed E-state index contributed by atoms with van der Waals surface area (Å²) in [7, 11) is 1.64. The average Bonchev–Trinajstić information content (AvgIpc) is 3.13. The molecule has 0 aliphatic carbocycles. The minimum absolute atomic E-state index is 0.0808. The van der Waals surface area contributed by atoms with Gasteiger partial charge in [0, 0.05) is 11.3 Å². The summed E-state index contributed by atoms with van der Waals surface area (Å²) in [6.45, 7) is 3.12. The molecule has 2 unspecified atom stereocenters. The van der Waals surface area contributed by atoms with Crippen molar-refractivity contribution in [1.29, 1.82) is 0 Å². The summed E-state index contributed by atoms with van der Waals surface area (Å²) in [6.07, 6.45) is -0.0808. The maximum Gasteiger partial charge on any atom is 0.242 e. The maximum atomic E-state index is 12.3. The van der Waals surface area contributed by atoms with Crippen LogP contribution in [0, 0.1) is 0 Å². The van der Waals surface area contributed by atoms with Gasteiger partial charge in [0.2, 0.25) is 5.91 Å². The van der Waals surface area contributed by atoms with E-state index in [0.717, 1.165) is 22.7 Å². The Bertz CT molecular complexity index is 892. The maximum absolute atomic E-state index is 12.3. The highest BCUT2D eigenvalue weighted by Crippen LogP contribution is 2.46. The van der Waals surface area contributed by atoms with E-state index in [2.05, 4.69) is 16.0 Å². The number of nitrogens with one attached hydrogen (secondary N) is 3. The van der Waals surface area contributed by atoms with E-state index in [-0.39, 0.29) is 17.9 Å². The fourth-order valence-electron chi connectivity index (χ4n) is 3.38. The van der Waals surface area contributed by atoms with Gasteiger partial charge >= 0.3 is 0 Å². The lowest BCUT2D eigenvalue weighted by molar-refractivity contribution is -0.130. The second kappa shape index (κ2) is 5.24. The smallest absolute Gasteiger partial charge is 0.242 e. The van der Waals surface area contributed by atoms with Crippen molar-refractivity contribution in [1.82, 2.24) is 0 Å². The van der Waals surface area contributed by atoms with Gasteiger partial charge in [0.25, 0.3) is 0 Å². The molecule has 0 saturated heterocycles. The van der Waals surface area contributed by atoms with E-state index in [9.17, 15) is 9.59 Å². The van der Waals surface area contributed by atoms with Gasteiger partial charge in [0.1, 0.15) is 23.1 Å².